The van der Waals surface area contributed by atoms with Crippen LogP contribution in [0.25, 0.3) is 21.9 Å². The smallest absolute Gasteiger partial charge is 0.272 e. The lowest BCUT2D eigenvalue weighted by Gasteiger charge is -2.20. The molecule has 0 radical (unpaired) electrons. The molecule has 2 aromatic carbocycles. The largest absolute Gasteiger partial charge is 0.325 e. The Hall–Kier alpha value is -3.84. The normalized spacial score (nSPS) is 13.1. The summed E-state index contributed by atoms with van der Waals surface area (Å²) in [6.07, 6.45) is 3.41. The molecule has 1 aliphatic rings. The zero-order valence-corrected chi connectivity index (χ0v) is 15.4. The van der Waals surface area contributed by atoms with Gasteiger partial charge in [0.25, 0.3) is 11.5 Å². The van der Waals surface area contributed by atoms with E-state index in [0.29, 0.717) is 23.0 Å². The second-order valence-corrected chi connectivity index (χ2v) is 6.91. The fourth-order valence-corrected chi connectivity index (χ4v) is 3.84. The Balaban J connectivity index is 1.66. The van der Waals surface area contributed by atoms with Gasteiger partial charge in [-0.25, -0.2) is 5.10 Å². The van der Waals surface area contributed by atoms with Gasteiger partial charge in [-0.05, 0) is 35.4 Å². The number of benzene rings is 2. The molecule has 4 aromatic rings. The number of aromatic amines is 1. The molecule has 1 aliphatic heterocycles. The van der Waals surface area contributed by atoms with Crippen LogP contribution in [0.3, 0.4) is 0 Å². The molecule has 3 heterocycles. The van der Waals surface area contributed by atoms with Crippen molar-refractivity contribution >= 4 is 22.4 Å². The van der Waals surface area contributed by atoms with E-state index in [9.17, 15) is 9.59 Å². The monoisotopic (exact) mass is 383 g/mol. The summed E-state index contributed by atoms with van der Waals surface area (Å²) in [5, 5.41) is 7.75. The van der Waals surface area contributed by atoms with Gasteiger partial charge < -0.3 is 10.6 Å². The van der Waals surface area contributed by atoms with Crippen molar-refractivity contribution in [2.45, 2.75) is 13.1 Å². The maximum Gasteiger partial charge on any atom is 0.272 e. The van der Waals surface area contributed by atoms with Gasteiger partial charge in [-0.1, -0.05) is 24.3 Å². The molecule has 7 heteroatoms. The maximum absolute atomic E-state index is 13.0. The van der Waals surface area contributed by atoms with Crippen molar-refractivity contribution in [3.8, 4) is 11.1 Å². The molecular formula is C22H17N5O2. The van der Waals surface area contributed by atoms with E-state index < -0.39 is 0 Å². The predicted molar refractivity (Wildman–Crippen MR) is 110 cm³/mol. The van der Waals surface area contributed by atoms with E-state index in [2.05, 4.69) is 15.2 Å². The summed E-state index contributed by atoms with van der Waals surface area (Å²) in [6.45, 7) is 0.714. The molecule has 0 saturated heterocycles. The fraction of sp³-hybridized carbons (Fsp3) is 0.0909. The highest BCUT2D eigenvalue weighted by molar-refractivity contribution is 6.11. The van der Waals surface area contributed by atoms with Crippen LogP contribution in [0, 0.1) is 0 Å². The van der Waals surface area contributed by atoms with Gasteiger partial charge in [0.1, 0.15) is 0 Å². The Labute approximate surface area is 165 Å². The lowest BCUT2D eigenvalue weighted by atomic mass is 10.0. The van der Waals surface area contributed by atoms with E-state index in [0.717, 1.165) is 27.9 Å². The third-order valence-corrected chi connectivity index (χ3v) is 5.28. The SMILES string of the molecule is NCc1n[nH]c(=O)c2ccc(-c3cnccc3N3Cc4ccccc4C3=O)cc12. The number of fused-ring (bicyclic) bond motifs is 2. The zero-order valence-electron chi connectivity index (χ0n) is 15.4. The summed E-state index contributed by atoms with van der Waals surface area (Å²) < 4.78 is 0. The Morgan fingerprint density at radius 2 is 1.90 bits per heavy atom. The topological polar surface area (TPSA) is 105 Å². The predicted octanol–water partition coefficient (Wildman–Crippen LogP) is 2.60. The van der Waals surface area contributed by atoms with E-state index in [1.165, 1.54) is 0 Å². The first-order valence-electron chi connectivity index (χ1n) is 9.23. The Bertz CT molecular complexity index is 1330. The van der Waals surface area contributed by atoms with E-state index >= 15 is 0 Å². The molecule has 0 saturated carbocycles. The van der Waals surface area contributed by atoms with Crippen LogP contribution in [0.5, 0.6) is 0 Å². The molecule has 1 amide bonds. The minimum Gasteiger partial charge on any atom is -0.325 e. The van der Waals surface area contributed by atoms with Gasteiger partial charge in [0, 0.05) is 35.5 Å². The number of pyridine rings is 1. The van der Waals surface area contributed by atoms with E-state index in [4.69, 9.17) is 5.73 Å². The summed E-state index contributed by atoms with van der Waals surface area (Å²) in [4.78, 5) is 31.1. The summed E-state index contributed by atoms with van der Waals surface area (Å²) in [5.74, 6) is -0.0328. The average Bonchev–Trinajstić information content (AvgIpc) is 3.10. The summed E-state index contributed by atoms with van der Waals surface area (Å²) in [6, 6.07) is 14.9. The van der Waals surface area contributed by atoms with Crippen LogP contribution in [0.2, 0.25) is 0 Å². The maximum atomic E-state index is 13.0. The van der Waals surface area contributed by atoms with Crippen molar-refractivity contribution in [3.63, 3.8) is 0 Å². The Kier molecular flexibility index (Phi) is 3.96. The molecule has 2 aromatic heterocycles. The molecule has 0 fully saturated rings. The van der Waals surface area contributed by atoms with Crippen molar-refractivity contribution in [2.24, 2.45) is 5.73 Å². The lowest BCUT2D eigenvalue weighted by molar-refractivity contribution is 0.0996. The summed E-state index contributed by atoms with van der Waals surface area (Å²) >= 11 is 0. The molecule has 142 valence electrons. The number of nitrogens with zero attached hydrogens (tertiary/aromatic N) is 3. The fourth-order valence-electron chi connectivity index (χ4n) is 3.84. The number of hydrogen-bond donors (Lipinski definition) is 2. The minimum absolute atomic E-state index is 0.0328. The molecule has 5 rings (SSSR count). The van der Waals surface area contributed by atoms with E-state index in [1.54, 1.807) is 23.4 Å². The van der Waals surface area contributed by atoms with Crippen molar-refractivity contribution in [1.82, 2.24) is 15.2 Å². The van der Waals surface area contributed by atoms with Gasteiger partial charge in [-0.3, -0.25) is 14.6 Å². The molecule has 7 nitrogen and oxygen atoms in total. The van der Waals surface area contributed by atoms with Crippen molar-refractivity contribution in [3.05, 3.63) is 88.1 Å². The second-order valence-electron chi connectivity index (χ2n) is 6.91. The summed E-state index contributed by atoms with van der Waals surface area (Å²) in [5.41, 5.74) is 10.3. The van der Waals surface area contributed by atoms with E-state index in [-0.39, 0.29) is 18.0 Å². The van der Waals surface area contributed by atoms with Crippen molar-refractivity contribution in [2.75, 3.05) is 4.90 Å². The molecule has 3 N–H and O–H groups in total. The second kappa shape index (κ2) is 6.65. The van der Waals surface area contributed by atoms with Gasteiger partial charge in [0.05, 0.1) is 23.3 Å². The number of carbonyl (C=O) groups excluding carboxylic acids is 1. The van der Waals surface area contributed by atoms with Crippen LogP contribution in [0.1, 0.15) is 21.6 Å². The number of H-pyrrole nitrogens is 1. The van der Waals surface area contributed by atoms with Gasteiger partial charge in [-0.2, -0.15) is 5.10 Å². The van der Waals surface area contributed by atoms with Crippen LogP contribution >= 0.6 is 0 Å². The highest BCUT2D eigenvalue weighted by atomic mass is 16.2. The number of aromatic nitrogens is 3. The third-order valence-electron chi connectivity index (χ3n) is 5.28. The number of rotatable bonds is 3. The first kappa shape index (κ1) is 17.3. The van der Waals surface area contributed by atoms with Gasteiger partial charge >= 0.3 is 0 Å². The first-order valence-corrected chi connectivity index (χ1v) is 9.23. The lowest BCUT2D eigenvalue weighted by Crippen LogP contribution is -2.23. The Morgan fingerprint density at radius 3 is 2.72 bits per heavy atom. The van der Waals surface area contributed by atoms with Crippen LogP contribution in [0.15, 0.2) is 65.7 Å². The summed E-state index contributed by atoms with van der Waals surface area (Å²) in [7, 11) is 0. The molecular weight excluding hydrogens is 366 g/mol. The Morgan fingerprint density at radius 1 is 1.03 bits per heavy atom. The molecule has 0 aliphatic carbocycles. The number of hydrogen-bond acceptors (Lipinski definition) is 5. The number of anilines is 1. The molecule has 0 atom stereocenters. The quantitative estimate of drug-likeness (QED) is 0.566. The van der Waals surface area contributed by atoms with Gasteiger partial charge in [0.2, 0.25) is 0 Å². The minimum atomic E-state index is -0.264. The average molecular weight is 383 g/mol. The number of nitrogens with two attached hydrogens (primary N) is 1. The zero-order chi connectivity index (χ0) is 20.0. The first-order chi connectivity index (χ1) is 14.2. The number of carbonyl (C=O) groups is 1. The van der Waals surface area contributed by atoms with Gasteiger partial charge in [0.15, 0.2) is 0 Å². The number of nitrogens with one attached hydrogen (secondary N) is 1. The van der Waals surface area contributed by atoms with Crippen molar-refractivity contribution < 1.29 is 4.79 Å². The van der Waals surface area contributed by atoms with Crippen LogP contribution in [-0.4, -0.2) is 21.1 Å². The van der Waals surface area contributed by atoms with Crippen LogP contribution in [-0.2, 0) is 13.1 Å². The standard InChI is InChI=1S/C22H17N5O2/c23-10-19-17-9-13(5-6-16(17)21(28)26-25-19)18-11-24-8-7-20(18)27-12-14-3-1-2-4-15(14)22(27)29/h1-9,11H,10,12,23H2,(H,26,28). The highest BCUT2D eigenvalue weighted by Crippen LogP contribution is 2.36. The van der Waals surface area contributed by atoms with Crippen molar-refractivity contribution in [1.29, 1.82) is 0 Å². The van der Waals surface area contributed by atoms with Crippen LogP contribution in [0.4, 0.5) is 5.69 Å². The highest BCUT2D eigenvalue weighted by Gasteiger charge is 2.29. The molecule has 0 bridgehead atoms. The van der Waals surface area contributed by atoms with Crippen LogP contribution < -0.4 is 16.2 Å². The third kappa shape index (κ3) is 2.71. The molecule has 29 heavy (non-hydrogen) atoms. The molecule has 0 spiro atoms. The molecule has 0 unspecified atom stereocenters. The number of amides is 1. The van der Waals surface area contributed by atoms with Gasteiger partial charge in [-0.15, -0.1) is 0 Å². The van der Waals surface area contributed by atoms with E-state index in [1.807, 2.05) is 42.5 Å².